The van der Waals surface area contributed by atoms with Gasteiger partial charge in [-0.05, 0) is 37.1 Å². The minimum absolute atomic E-state index is 0.174. The van der Waals surface area contributed by atoms with E-state index in [0.29, 0.717) is 11.1 Å². The molecule has 0 amide bonds. The second kappa shape index (κ2) is 3.56. The average molecular weight is 198 g/mol. The van der Waals surface area contributed by atoms with Crippen molar-refractivity contribution in [3.63, 3.8) is 0 Å². The van der Waals surface area contributed by atoms with Crippen molar-refractivity contribution in [2.75, 3.05) is 6.54 Å². The highest BCUT2D eigenvalue weighted by Gasteiger charge is 2.16. The van der Waals surface area contributed by atoms with E-state index >= 15 is 0 Å². The van der Waals surface area contributed by atoms with Crippen molar-refractivity contribution in [3.8, 4) is 5.75 Å². The molecular formula is C10H12ClNO. The minimum atomic E-state index is 0.174. The zero-order valence-corrected chi connectivity index (χ0v) is 8.01. The van der Waals surface area contributed by atoms with Crippen molar-refractivity contribution < 1.29 is 5.11 Å². The van der Waals surface area contributed by atoms with E-state index in [4.69, 9.17) is 11.6 Å². The van der Waals surface area contributed by atoms with Crippen molar-refractivity contribution >= 4 is 11.6 Å². The molecule has 1 fully saturated rings. The zero-order chi connectivity index (χ0) is 9.26. The smallest absolute Gasteiger partial charge is 0.134 e. The second-order valence-electron chi connectivity index (χ2n) is 3.36. The van der Waals surface area contributed by atoms with Gasteiger partial charge in [0.2, 0.25) is 0 Å². The molecule has 1 heterocycles. The monoisotopic (exact) mass is 197 g/mol. The molecule has 0 radical (unpaired) electrons. The van der Waals surface area contributed by atoms with Crippen LogP contribution in [0.3, 0.4) is 0 Å². The fourth-order valence-corrected chi connectivity index (χ4v) is 1.83. The number of phenolic OH excluding ortho intramolecular Hbond substituents is 1. The van der Waals surface area contributed by atoms with Crippen molar-refractivity contribution in [1.29, 1.82) is 0 Å². The molecule has 1 aliphatic rings. The lowest BCUT2D eigenvalue weighted by Crippen LogP contribution is -2.12. The molecular weight excluding hydrogens is 186 g/mol. The van der Waals surface area contributed by atoms with E-state index in [1.54, 1.807) is 12.1 Å². The van der Waals surface area contributed by atoms with E-state index in [1.165, 1.54) is 6.42 Å². The van der Waals surface area contributed by atoms with Gasteiger partial charge in [-0.25, -0.2) is 0 Å². The summed E-state index contributed by atoms with van der Waals surface area (Å²) in [6.07, 6.45) is 2.34. The van der Waals surface area contributed by atoms with Crippen LogP contribution in [-0.2, 0) is 0 Å². The van der Waals surface area contributed by atoms with Gasteiger partial charge in [0, 0.05) is 6.04 Å². The third kappa shape index (κ3) is 1.79. The maximum atomic E-state index is 9.40. The van der Waals surface area contributed by atoms with Crippen molar-refractivity contribution in [2.45, 2.75) is 18.9 Å². The average Bonchev–Trinajstić information content (AvgIpc) is 2.62. The third-order valence-corrected chi connectivity index (χ3v) is 2.75. The van der Waals surface area contributed by atoms with Crippen LogP contribution in [-0.4, -0.2) is 11.7 Å². The molecule has 2 nitrogen and oxygen atoms in total. The summed E-state index contributed by atoms with van der Waals surface area (Å²) in [6.45, 7) is 1.06. The molecule has 1 aromatic rings. The molecule has 0 saturated carbocycles. The lowest BCUT2D eigenvalue weighted by Gasteiger charge is -2.10. The summed E-state index contributed by atoms with van der Waals surface area (Å²) in [5.74, 6) is 0.174. The minimum Gasteiger partial charge on any atom is -0.506 e. The number of aromatic hydroxyl groups is 1. The normalized spacial score (nSPS) is 22.1. The van der Waals surface area contributed by atoms with Crippen LogP contribution < -0.4 is 5.32 Å². The number of hydrogen-bond donors (Lipinski definition) is 2. The Morgan fingerprint density at radius 2 is 2.31 bits per heavy atom. The van der Waals surface area contributed by atoms with Crippen LogP contribution in [0.25, 0.3) is 0 Å². The van der Waals surface area contributed by atoms with Gasteiger partial charge < -0.3 is 10.4 Å². The Morgan fingerprint density at radius 1 is 1.46 bits per heavy atom. The van der Waals surface area contributed by atoms with Crippen LogP contribution in [0.15, 0.2) is 18.2 Å². The highest BCUT2D eigenvalue weighted by atomic mass is 35.5. The van der Waals surface area contributed by atoms with Crippen LogP contribution >= 0.6 is 11.6 Å². The lowest BCUT2D eigenvalue weighted by molar-refractivity contribution is 0.473. The summed E-state index contributed by atoms with van der Waals surface area (Å²) in [7, 11) is 0. The Kier molecular flexibility index (Phi) is 2.42. The molecule has 0 unspecified atom stereocenters. The number of phenols is 1. The van der Waals surface area contributed by atoms with Gasteiger partial charge in [-0.3, -0.25) is 0 Å². The first-order valence-corrected chi connectivity index (χ1v) is 4.87. The van der Waals surface area contributed by atoms with E-state index in [-0.39, 0.29) is 5.75 Å². The van der Waals surface area contributed by atoms with Crippen molar-refractivity contribution in [2.24, 2.45) is 0 Å². The predicted molar refractivity (Wildman–Crippen MR) is 53.1 cm³/mol. The topological polar surface area (TPSA) is 32.3 Å². The molecule has 2 rings (SSSR count). The van der Waals surface area contributed by atoms with Gasteiger partial charge in [-0.1, -0.05) is 17.7 Å². The quantitative estimate of drug-likeness (QED) is 0.725. The Balaban J connectivity index is 2.25. The highest BCUT2D eigenvalue weighted by Crippen LogP contribution is 2.29. The number of benzene rings is 1. The molecule has 1 aliphatic heterocycles. The number of rotatable bonds is 1. The summed E-state index contributed by atoms with van der Waals surface area (Å²) in [4.78, 5) is 0. The van der Waals surface area contributed by atoms with Gasteiger partial charge in [0.15, 0.2) is 0 Å². The first-order valence-electron chi connectivity index (χ1n) is 4.49. The van der Waals surface area contributed by atoms with Gasteiger partial charge in [0.25, 0.3) is 0 Å². The maximum absolute atomic E-state index is 9.40. The molecule has 3 heteroatoms. The number of nitrogens with one attached hydrogen (secondary N) is 1. The number of hydrogen-bond acceptors (Lipinski definition) is 2. The number of halogens is 1. The molecule has 0 spiro atoms. The Labute approximate surface area is 82.5 Å². The SMILES string of the molecule is Oc1cc([C@@H]2CCCN2)ccc1Cl. The van der Waals surface area contributed by atoms with Gasteiger partial charge >= 0.3 is 0 Å². The predicted octanol–water partition coefficient (Wildman–Crippen LogP) is 2.47. The highest BCUT2D eigenvalue weighted by molar-refractivity contribution is 6.32. The van der Waals surface area contributed by atoms with Gasteiger partial charge in [0.05, 0.1) is 5.02 Å². The van der Waals surface area contributed by atoms with Crippen LogP contribution in [0.2, 0.25) is 5.02 Å². The van der Waals surface area contributed by atoms with Gasteiger partial charge in [-0.2, -0.15) is 0 Å². The molecule has 70 valence electrons. The fourth-order valence-electron chi connectivity index (χ4n) is 1.72. The first kappa shape index (κ1) is 8.85. The van der Waals surface area contributed by atoms with Crippen molar-refractivity contribution in [3.05, 3.63) is 28.8 Å². The Morgan fingerprint density at radius 3 is 2.92 bits per heavy atom. The summed E-state index contributed by atoms with van der Waals surface area (Å²) in [5.41, 5.74) is 1.12. The van der Waals surface area contributed by atoms with Gasteiger partial charge in [0.1, 0.15) is 5.75 Å². The summed E-state index contributed by atoms with van der Waals surface area (Å²) in [5, 5.41) is 13.2. The van der Waals surface area contributed by atoms with Crippen molar-refractivity contribution in [1.82, 2.24) is 5.32 Å². The summed E-state index contributed by atoms with van der Waals surface area (Å²) >= 11 is 5.72. The first-order chi connectivity index (χ1) is 6.27. The van der Waals surface area contributed by atoms with E-state index in [2.05, 4.69) is 5.32 Å². The van der Waals surface area contributed by atoms with E-state index < -0.39 is 0 Å². The molecule has 1 saturated heterocycles. The molecule has 0 bridgehead atoms. The molecule has 0 aromatic heterocycles. The van der Waals surface area contributed by atoms with Crippen LogP contribution in [0, 0.1) is 0 Å². The molecule has 1 aromatic carbocycles. The van der Waals surface area contributed by atoms with Crippen LogP contribution in [0.1, 0.15) is 24.4 Å². The summed E-state index contributed by atoms with van der Waals surface area (Å²) in [6, 6.07) is 5.84. The second-order valence-corrected chi connectivity index (χ2v) is 3.77. The zero-order valence-electron chi connectivity index (χ0n) is 7.26. The lowest BCUT2D eigenvalue weighted by atomic mass is 10.1. The van der Waals surface area contributed by atoms with Crippen LogP contribution in [0.5, 0.6) is 5.75 Å². The summed E-state index contributed by atoms with van der Waals surface area (Å²) < 4.78 is 0. The fraction of sp³-hybridized carbons (Fsp3) is 0.400. The largest absolute Gasteiger partial charge is 0.506 e. The molecule has 2 N–H and O–H groups in total. The van der Waals surface area contributed by atoms with E-state index in [9.17, 15) is 5.11 Å². The molecule has 13 heavy (non-hydrogen) atoms. The van der Waals surface area contributed by atoms with E-state index in [0.717, 1.165) is 18.5 Å². The maximum Gasteiger partial charge on any atom is 0.134 e. The third-order valence-electron chi connectivity index (χ3n) is 2.43. The standard InChI is InChI=1S/C10H12ClNO/c11-8-4-3-7(6-10(8)13)9-2-1-5-12-9/h3-4,6,9,12-13H,1-2,5H2/t9-/m0/s1. The van der Waals surface area contributed by atoms with Crippen LogP contribution in [0.4, 0.5) is 0 Å². The van der Waals surface area contributed by atoms with Gasteiger partial charge in [-0.15, -0.1) is 0 Å². The Hall–Kier alpha value is -0.730. The molecule has 1 atom stereocenters. The molecule has 0 aliphatic carbocycles. The Bertz CT molecular complexity index is 308. The van der Waals surface area contributed by atoms with E-state index in [1.807, 2.05) is 6.07 Å².